The average Bonchev–Trinajstić information content (AvgIpc) is 2.44. The quantitative estimate of drug-likeness (QED) is 0.846. The van der Waals surface area contributed by atoms with Crippen molar-refractivity contribution >= 4 is 21.6 Å². The van der Waals surface area contributed by atoms with Crippen molar-refractivity contribution in [3.8, 4) is 11.5 Å². The summed E-state index contributed by atoms with van der Waals surface area (Å²) in [4.78, 5) is 0. The molecule has 0 saturated heterocycles. The smallest absolute Gasteiger partial charge is 0.161 e. The molecule has 2 aromatic rings. The van der Waals surface area contributed by atoms with Gasteiger partial charge in [0.25, 0.3) is 0 Å². The first kappa shape index (κ1) is 14.7. The van der Waals surface area contributed by atoms with Crippen molar-refractivity contribution < 1.29 is 9.84 Å². The molecule has 0 saturated carbocycles. The number of rotatable bonds is 5. The maximum atomic E-state index is 9.68. The molecule has 0 heterocycles. The fraction of sp³-hybridized carbons (Fsp3) is 0.250. The Labute approximate surface area is 127 Å². The van der Waals surface area contributed by atoms with E-state index in [4.69, 9.17) is 4.74 Å². The molecule has 2 N–H and O–H groups in total. The van der Waals surface area contributed by atoms with Crippen LogP contribution in [0.3, 0.4) is 0 Å². The number of ether oxygens (including phenoxy) is 1. The van der Waals surface area contributed by atoms with Gasteiger partial charge in [0.15, 0.2) is 11.5 Å². The molecule has 20 heavy (non-hydrogen) atoms. The Morgan fingerprint density at radius 1 is 1.25 bits per heavy atom. The van der Waals surface area contributed by atoms with Crippen molar-refractivity contribution in [2.24, 2.45) is 0 Å². The molecule has 2 rings (SSSR count). The van der Waals surface area contributed by atoms with Gasteiger partial charge < -0.3 is 15.2 Å². The van der Waals surface area contributed by atoms with Crippen LogP contribution in [0.2, 0.25) is 0 Å². The van der Waals surface area contributed by atoms with E-state index in [0.29, 0.717) is 18.9 Å². The lowest BCUT2D eigenvalue weighted by atomic mass is 10.1. The summed E-state index contributed by atoms with van der Waals surface area (Å²) in [5.74, 6) is 0.701. The van der Waals surface area contributed by atoms with Crippen molar-refractivity contribution in [2.75, 3.05) is 11.9 Å². The molecule has 0 unspecified atom stereocenters. The summed E-state index contributed by atoms with van der Waals surface area (Å²) in [6.45, 7) is 5.18. The van der Waals surface area contributed by atoms with E-state index < -0.39 is 0 Å². The molecule has 4 heteroatoms. The van der Waals surface area contributed by atoms with Gasteiger partial charge in [-0.2, -0.15) is 0 Å². The van der Waals surface area contributed by atoms with Crippen LogP contribution in [0.5, 0.6) is 11.5 Å². The molecule has 0 spiro atoms. The predicted molar refractivity (Wildman–Crippen MR) is 85.5 cm³/mol. The van der Waals surface area contributed by atoms with Crippen molar-refractivity contribution in [3.63, 3.8) is 0 Å². The number of benzene rings is 2. The molecule has 0 fully saturated rings. The highest BCUT2D eigenvalue weighted by molar-refractivity contribution is 9.10. The van der Waals surface area contributed by atoms with Gasteiger partial charge in [-0.05, 0) is 49.2 Å². The van der Waals surface area contributed by atoms with Crippen LogP contribution in [0.25, 0.3) is 0 Å². The van der Waals surface area contributed by atoms with E-state index in [9.17, 15) is 5.11 Å². The number of phenols is 1. The number of hydrogen-bond acceptors (Lipinski definition) is 3. The van der Waals surface area contributed by atoms with Gasteiger partial charge in [0, 0.05) is 16.7 Å². The van der Waals surface area contributed by atoms with Crippen molar-refractivity contribution in [3.05, 3.63) is 52.0 Å². The van der Waals surface area contributed by atoms with E-state index in [2.05, 4.69) is 28.2 Å². The highest BCUT2D eigenvalue weighted by Crippen LogP contribution is 2.28. The normalized spacial score (nSPS) is 10.3. The maximum Gasteiger partial charge on any atom is 0.161 e. The van der Waals surface area contributed by atoms with Gasteiger partial charge in [0.2, 0.25) is 0 Å². The number of anilines is 1. The number of aromatic hydroxyl groups is 1. The van der Waals surface area contributed by atoms with Gasteiger partial charge in [0.1, 0.15) is 0 Å². The molecule has 0 radical (unpaired) electrons. The zero-order chi connectivity index (χ0) is 14.5. The van der Waals surface area contributed by atoms with Gasteiger partial charge in [-0.15, -0.1) is 0 Å². The molecule has 0 aliphatic heterocycles. The molecule has 0 amide bonds. The van der Waals surface area contributed by atoms with Crippen molar-refractivity contribution in [2.45, 2.75) is 20.4 Å². The third-order valence-corrected chi connectivity index (χ3v) is 3.93. The predicted octanol–water partition coefficient (Wildman–Crippen LogP) is 4.47. The van der Waals surface area contributed by atoms with Gasteiger partial charge in [-0.3, -0.25) is 0 Å². The first-order valence-electron chi connectivity index (χ1n) is 6.55. The standard InChI is InChI=1S/C16H18BrNO2/c1-3-20-16-9-12(7-8-15(16)19)10-18-14-6-4-5-13(17)11(14)2/h4-9,18-19H,3,10H2,1-2H3. The molecule has 0 aliphatic rings. The zero-order valence-corrected chi connectivity index (χ0v) is 13.2. The Kier molecular flexibility index (Phi) is 4.90. The second-order valence-electron chi connectivity index (χ2n) is 4.50. The van der Waals surface area contributed by atoms with Crippen LogP contribution in [0.1, 0.15) is 18.1 Å². The van der Waals surface area contributed by atoms with Gasteiger partial charge in [-0.1, -0.05) is 28.1 Å². The summed E-state index contributed by atoms with van der Waals surface area (Å²) in [6.07, 6.45) is 0. The first-order valence-corrected chi connectivity index (χ1v) is 7.34. The van der Waals surface area contributed by atoms with E-state index in [-0.39, 0.29) is 5.75 Å². The summed E-state index contributed by atoms with van der Waals surface area (Å²) in [7, 11) is 0. The average molecular weight is 336 g/mol. The third kappa shape index (κ3) is 3.45. The van der Waals surface area contributed by atoms with Crippen LogP contribution >= 0.6 is 15.9 Å². The lowest BCUT2D eigenvalue weighted by Gasteiger charge is -2.12. The van der Waals surface area contributed by atoms with E-state index >= 15 is 0 Å². The zero-order valence-electron chi connectivity index (χ0n) is 11.6. The maximum absolute atomic E-state index is 9.68. The van der Waals surface area contributed by atoms with E-state index in [0.717, 1.165) is 15.7 Å². The van der Waals surface area contributed by atoms with Gasteiger partial charge >= 0.3 is 0 Å². The summed E-state index contributed by atoms with van der Waals surface area (Å²) in [6, 6.07) is 11.5. The number of phenolic OH excluding ortho intramolecular Hbond substituents is 1. The fourth-order valence-corrected chi connectivity index (χ4v) is 2.30. The van der Waals surface area contributed by atoms with Gasteiger partial charge in [-0.25, -0.2) is 0 Å². The molecule has 0 aliphatic carbocycles. The number of halogens is 1. The molecule has 0 bridgehead atoms. The van der Waals surface area contributed by atoms with Gasteiger partial charge in [0.05, 0.1) is 6.61 Å². The minimum Gasteiger partial charge on any atom is -0.504 e. The van der Waals surface area contributed by atoms with Crippen LogP contribution in [-0.4, -0.2) is 11.7 Å². The SMILES string of the molecule is CCOc1cc(CNc2cccc(Br)c2C)ccc1O. The number of nitrogens with one attached hydrogen (secondary N) is 1. The lowest BCUT2D eigenvalue weighted by Crippen LogP contribution is -2.02. The van der Waals surface area contributed by atoms with E-state index in [1.807, 2.05) is 37.3 Å². The molecular weight excluding hydrogens is 318 g/mol. The fourth-order valence-electron chi connectivity index (χ4n) is 1.94. The highest BCUT2D eigenvalue weighted by Gasteiger charge is 2.05. The van der Waals surface area contributed by atoms with Crippen molar-refractivity contribution in [1.82, 2.24) is 0 Å². The van der Waals surface area contributed by atoms with Crippen LogP contribution in [0.4, 0.5) is 5.69 Å². The van der Waals surface area contributed by atoms with E-state index in [1.54, 1.807) is 6.07 Å². The first-order chi connectivity index (χ1) is 9.61. The summed E-state index contributed by atoms with van der Waals surface area (Å²) < 4.78 is 6.47. The Morgan fingerprint density at radius 3 is 2.80 bits per heavy atom. The van der Waals surface area contributed by atoms with Crippen LogP contribution in [0.15, 0.2) is 40.9 Å². The monoisotopic (exact) mass is 335 g/mol. The molecular formula is C16H18BrNO2. The van der Waals surface area contributed by atoms with Crippen LogP contribution in [0, 0.1) is 6.92 Å². The molecule has 3 nitrogen and oxygen atoms in total. The molecule has 0 aromatic heterocycles. The summed E-state index contributed by atoms with van der Waals surface area (Å²) >= 11 is 3.52. The van der Waals surface area contributed by atoms with Crippen molar-refractivity contribution in [1.29, 1.82) is 0 Å². The molecule has 0 atom stereocenters. The third-order valence-electron chi connectivity index (χ3n) is 3.07. The summed E-state index contributed by atoms with van der Waals surface area (Å²) in [5.41, 5.74) is 3.33. The second-order valence-corrected chi connectivity index (χ2v) is 5.36. The van der Waals surface area contributed by atoms with Crippen LogP contribution in [-0.2, 0) is 6.54 Å². The Balaban J connectivity index is 2.11. The Bertz CT molecular complexity index is 599. The Hall–Kier alpha value is -1.68. The minimum absolute atomic E-state index is 0.175. The largest absolute Gasteiger partial charge is 0.504 e. The minimum atomic E-state index is 0.175. The topological polar surface area (TPSA) is 41.5 Å². The lowest BCUT2D eigenvalue weighted by molar-refractivity contribution is 0.318. The molecule has 2 aromatic carbocycles. The highest BCUT2D eigenvalue weighted by atomic mass is 79.9. The second kappa shape index (κ2) is 6.66. The van der Waals surface area contributed by atoms with E-state index in [1.165, 1.54) is 5.56 Å². The Morgan fingerprint density at radius 2 is 2.05 bits per heavy atom. The number of hydrogen-bond donors (Lipinski definition) is 2. The summed E-state index contributed by atoms with van der Waals surface area (Å²) in [5, 5.41) is 13.1. The van der Waals surface area contributed by atoms with Crippen LogP contribution < -0.4 is 10.1 Å². The molecule has 106 valence electrons.